The van der Waals surface area contributed by atoms with Gasteiger partial charge in [0.25, 0.3) is 5.91 Å². The lowest BCUT2D eigenvalue weighted by molar-refractivity contribution is -0.142. The minimum absolute atomic E-state index is 0.0335. The molecule has 1 heterocycles. The van der Waals surface area contributed by atoms with Gasteiger partial charge in [-0.3, -0.25) is 4.79 Å². The van der Waals surface area contributed by atoms with E-state index >= 15 is 0 Å². The van der Waals surface area contributed by atoms with Crippen LogP contribution in [0.15, 0.2) is 30.5 Å². The number of nitrogens with zero attached hydrogens (tertiary/aromatic N) is 3. The maximum absolute atomic E-state index is 13.0. The molecule has 0 saturated heterocycles. The first kappa shape index (κ1) is 23.4. The number of hydrogen-bond donors (Lipinski definition) is 0. The van der Waals surface area contributed by atoms with Gasteiger partial charge in [-0.25, -0.2) is 9.48 Å². The molecule has 164 valence electrons. The zero-order valence-electron chi connectivity index (χ0n) is 17.7. The first-order valence-corrected chi connectivity index (χ1v) is 9.50. The Labute approximate surface area is 173 Å². The van der Waals surface area contributed by atoms with E-state index in [2.05, 4.69) is 5.10 Å². The first-order chi connectivity index (χ1) is 13.8. The molecule has 0 aliphatic rings. The Morgan fingerprint density at radius 2 is 1.70 bits per heavy atom. The standard InChI is InChI=1S/C21H26F3N3O3/c1-6-30-19(29)17-11-25-27(14(17)2)16-9-7-15(8-10-16)18(28)26(12-20(3,4)5)13-21(22,23)24/h7-11H,6,12-13H2,1-5H3. The van der Waals surface area contributed by atoms with Crippen molar-refractivity contribution in [1.82, 2.24) is 14.7 Å². The Kier molecular flexibility index (Phi) is 6.95. The molecule has 0 spiro atoms. The van der Waals surface area contributed by atoms with Crippen LogP contribution in [-0.4, -0.2) is 52.4 Å². The Balaban J connectivity index is 2.27. The molecule has 0 bridgehead atoms. The highest BCUT2D eigenvalue weighted by Gasteiger charge is 2.35. The van der Waals surface area contributed by atoms with Gasteiger partial charge in [-0.2, -0.15) is 18.3 Å². The molecule has 0 saturated carbocycles. The van der Waals surface area contributed by atoms with Crippen LogP contribution in [0.2, 0.25) is 0 Å². The molecule has 1 aromatic carbocycles. The molecule has 6 nitrogen and oxygen atoms in total. The number of hydrogen-bond acceptors (Lipinski definition) is 4. The number of carbonyl (C=O) groups excluding carboxylic acids is 2. The third kappa shape index (κ3) is 6.08. The lowest BCUT2D eigenvalue weighted by Gasteiger charge is -2.30. The summed E-state index contributed by atoms with van der Waals surface area (Å²) in [6.45, 7) is 7.61. The first-order valence-electron chi connectivity index (χ1n) is 9.50. The number of halogens is 3. The van der Waals surface area contributed by atoms with Crippen LogP contribution >= 0.6 is 0 Å². The third-order valence-corrected chi connectivity index (χ3v) is 4.19. The minimum Gasteiger partial charge on any atom is -0.462 e. The molecule has 2 aromatic rings. The lowest BCUT2D eigenvalue weighted by Crippen LogP contribution is -2.43. The van der Waals surface area contributed by atoms with E-state index < -0.39 is 30.0 Å². The van der Waals surface area contributed by atoms with Crippen molar-refractivity contribution in [1.29, 1.82) is 0 Å². The van der Waals surface area contributed by atoms with Gasteiger partial charge in [0, 0.05) is 12.1 Å². The zero-order valence-corrected chi connectivity index (χ0v) is 17.7. The fourth-order valence-corrected chi connectivity index (χ4v) is 3.00. The summed E-state index contributed by atoms with van der Waals surface area (Å²) in [6.07, 6.45) is -3.10. The van der Waals surface area contributed by atoms with Gasteiger partial charge in [0.05, 0.1) is 24.2 Å². The monoisotopic (exact) mass is 425 g/mol. The molecule has 0 radical (unpaired) electrons. The van der Waals surface area contributed by atoms with Crippen LogP contribution in [0.3, 0.4) is 0 Å². The van der Waals surface area contributed by atoms with Gasteiger partial charge >= 0.3 is 12.1 Å². The summed E-state index contributed by atoms with van der Waals surface area (Å²) in [5.41, 5.74) is 1.09. The average molecular weight is 425 g/mol. The highest BCUT2D eigenvalue weighted by molar-refractivity contribution is 5.94. The molecule has 0 aliphatic heterocycles. The summed E-state index contributed by atoms with van der Waals surface area (Å²) in [5.74, 6) is -1.18. The highest BCUT2D eigenvalue weighted by Crippen LogP contribution is 2.24. The van der Waals surface area contributed by atoms with E-state index in [4.69, 9.17) is 4.74 Å². The van der Waals surface area contributed by atoms with Gasteiger partial charge in [0.15, 0.2) is 0 Å². The summed E-state index contributed by atoms with van der Waals surface area (Å²) in [5, 5.41) is 4.17. The van der Waals surface area contributed by atoms with Crippen LogP contribution in [-0.2, 0) is 4.74 Å². The zero-order chi connectivity index (χ0) is 22.7. The fourth-order valence-electron chi connectivity index (χ4n) is 3.00. The van der Waals surface area contributed by atoms with Crippen LogP contribution in [0.25, 0.3) is 5.69 Å². The maximum Gasteiger partial charge on any atom is 0.406 e. The van der Waals surface area contributed by atoms with Gasteiger partial charge in [0.2, 0.25) is 0 Å². The topological polar surface area (TPSA) is 64.4 Å². The lowest BCUT2D eigenvalue weighted by atomic mass is 9.95. The van der Waals surface area contributed by atoms with E-state index in [1.54, 1.807) is 46.8 Å². The maximum atomic E-state index is 13.0. The Bertz CT molecular complexity index is 881. The second-order valence-electron chi connectivity index (χ2n) is 8.16. The van der Waals surface area contributed by atoms with Crippen molar-refractivity contribution in [3.63, 3.8) is 0 Å². The van der Waals surface area contributed by atoms with E-state index in [9.17, 15) is 22.8 Å². The third-order valence-electron chi connectivity index (χ3n) is 4.19. The SMILES string of the molecule is CCOC(=O)c1cnn(-c2ccc(C(=O)N(CC(C)(C)C)CC(F)(F)F)cc2)c1C. The van der Waals surface area contributed by atoms with Crippen molar-refractivity contribution in [2.75, 3.05) is 19.7 Å². The van der Waals surface area contributed by atoms with Crippen molar-refractivity contribution >= 4 is 11.9 Å². The number of amides is 1. The van der Waals surface area contributed by atoms with Gasteiger partial charge in [-0.05, 0) is 43.5 Å². The predicted molar refractivity (Wildman–Crippen MR) is 106 cm³/mol. The number of benzene rings is 1. The number of alkyl halides is 3. The summed E-state index contributed by atoms with van der Waals surface area (Å²) >= 11 is 0. The van der Waals surface area contributed by atoms with Crippen molar-refractivity contribution in [3.05, 3.63) is 47.3 Å². The van der Waals surface area contributed by atoms with Gasteiger partial charge in [-0.1, -0.05) is 20.8 Å². The molecule has 0 aliphatic carbocycles. The normalized spacial score (nSPS) is 12.0. The van der Waals surface area contributed by atoms with Gasteiger partial charge in [-0.15, -0.1) is 0 Å². The molecular weight excluding hydrogens is 399 g/mol. The largest absolute Gasteiger partial charge is 0.462 e. The molecule has 0 unspecified atom stereocenters. The molecule has 0 atom stereocenters. The molecule has 0 N–H and O–H groups in total. The Morgan fingerprint density at radius 3 is 2.20 bits per heavy atom. The Morgan fingerprint density at radius 1 is 1.10 bits per heavy atom. The van der Waals surface area contributed by atoms with Gasteiger partial charge in [0.1, 0.15) is 12.1 Å². The van der Waals surface area contributed by atoms with Crippen molar-refractivity contribution in [2.24, 2.45) is 5.41 Å². The minimum atomic E-state index is -4.49. The number of esters is 1. The molecule has 0 fully saturated rings. The van der Waals surface area contributed by atoms with Gasteiger partial charge < -0.3 is 9.64 Å². The number of rotatable bonds is 6. The second-order valence-corrected chi connectivity index (χ2v) is 8.16. The highest BCUT2D eigenvalue weighted by atomic mass is 19.4. The van der Waals surface area contributed by atoms with Crippen molar-refractivity contribution in [3.8, 4) is 5.69 Å². The van der Waals surface area contributed by atoms with Crippen LogP contribution in [0.4, 0.5) is 13.2 Å². The molecule has 9 heteroatoms. The summed E-state index contributed by atoms with van der Waals surface area (Å²) < 4.78 is 45.4. The van der Waals surface area contributed by atoms with E-state index in [-0.39, 0.29) is 18.7 Å². The molecule has 1 amide bonds. The van der Waals surface area contributed by atoms with E-state index in [1.807, 2.05) is 0 Å². The summed E-state index contributed by atoms with van der Waals surface area (Å²) in [7, 11) is 0. The Hall–Kier alpha value is -2.84. The molecule has 30 heavy (non-hydrogen) atoms. The van der Waals surface area contributed by atoms with E-state index in [1.165, 1.54) is 23.0 Å². The van der Waals surface area contributed by atoms with Crippen LogP contribution < -0.4 is 0 Å². The molecule has 1 aromatic heterocycles. The van der Waals surface area contributed by atoms with Crippen LogP contribution in [0, 0.1) is 12.3 Å². The predicted octanol–water partition coefficient (Wildman–Crippen LogP) is 4.41. The summed E-state index contributed by atoms with van der Waals surface area (Å²) in [4.78, 5) is 25.5. The number of carbonyl (C=O) groups is 2. The van der Waals surface area contributed by atoms with Crippen LogP contribution in [0.5, 0.6) is 0 Å². The van der Waals surface area contributed by atoms with E-state index in [0.717, 1.165) is 4.90 Å². The average Bonchev–Trinajstić information content (AvgIpc) is 3.00. The molecular formula is C21H26F3N3O3. The fraction of sp³-hybridized carbons (Fsp3) is 0.476. The van der Waals surface area contributed by atoms with E-state index in [0.29, 0.717) is 16.9 Å². The second kappa shape index (κ2) is 8.89. The number of ether oxygens (including phenoxy) is 1. The quantitative estimate of drug-likeness (QED) is 0.644. The summed E-state index contributed by atoms with van der Waals surface area (Å²) in [6, 6.07) is 6.06. The number of aromatic nitrogens is 2. The smallest absolute Gasteiger partial charge is 0.406 e. The van der Waals surface area contributed by atoms with Crippen molar-refractivity contribution in [2.45, 2.75) is 40.8 Å². The van der Waals surface area contributed by atoms with Crippen LogP contribution in [0.1, 0.15) is 54.1 Å². The van der Waals surface area contributed by atoms with Crippen molar-refractivity contribution < 1.29 is 27.5 Å². The molecule has 2 rings (SSSR count).